The molecule has 10 heteroatoms. The van der Waals surface area contributed by atoms with Crippen LogP contribution in [0.15, 0.2) is 58.1 Å². The second-order valence-electron chi connectivity index (χ2n) is 7.01. The number of aliphatic carboxylic acids is 1. The number of benzene rings is 2. The highest BCUT2D eigenvalue weighted by molar-refractivity contribution is 6.33. The van der Waals surface area contributed by atoms with Gasteiger partial charge in [-0.1, -0.05) is 42.3 Å². The van der Waals surface area contributed by atoms with Gasteiger partial charge in [0.05, 0.1) is 10.9 Å². The van der Waals surface area contributed by atoms with E-state index in [0.717, 1.165) is 4.57 Å². The van der Waals surface area contributed by atoms with E-state index in [1.807, 2.05) is 0 Å². The predicted molar refractivity (Wildman–Crippen MR) is 118 cm³/mol. The summed E-state index contributed by atoms with van der Waals surface area (Å²) in [5.41, 5.74) is -0.108. The number of rotatable bonds is 5. The fourth-order valence-electron chi connectivity index (χ4n) is 3.28. The normalized spacial score (nSPS) is 12.2. The Morgan fingerprint density at radius 2 is 1.81 bits per heavy atom. The Hall–Kier alpha value is -3.36. The molecule has 2 aromatic carbocycles. The van der Waals surface area contributed by atoms with E-state index in [2.05, 4.69) is 9.97 Å². The van der Waals surface area contributed by atoms with E-state index in [-0.39, 0.29) is 17.7 Å². The lowest BCUT2D eigenvalue weighted by molar-refractivity contribution is -0.141. The largest absolute Gasteiger partial charge is 0.481 e. The topological polar surface area (TPSA) is 110 Å². The fourth-order valence-corrected chi connectivity index (χ4v) is 3.62. The van der Waals surface area contributed by atoms with E-state index in [1.54, 1.807) is 53.1 Å². The first-order chi connectivity index (χ1) is 14.8. The summed E-state index contributed by atoms with van der Waals surface area (Å²) < 4.78 is 2.44. The Balaban J connectivity index is 2.08. The fraction of sp³-hybridized carbons (Fsp3) is 0.143. The quantitative estimate of drug-likeness (QED) is 0.474. The summed E-state index contributed by atoms with van der Waals surface area (Å²) in [7, 11) is 0. The van der Waals surface area contributed by atoms with Gasteiger partial charge in [-0.3, -0.25) is 23.7 Å². The van der Waals surface area contributed by atoms with Crippen molar-refractivity contribution in [2.45, 2.75) is 13.5 Å². The molecule has 4 aromatic rings. The molecule has 4 rings (SSSR count). The zero-order valence-corrected chi connectivity index (χ0v) is 17.7. The maximum atomic E-state index is 13.3. The molecular weight excluding hydrogens is 443 g/mol. The Bertz CT molecular complexity index is 1420. The molecule has 158 valence electrons. The molecule has 2 N–H and O–H groups in total. The Morgan fingerprint density at radius 3 is 2.45 bits per heavy atom. The van der Waals surface area contributed by atoms with Crippen molar-refractivity contribution in [3.05, 3.63) is 79.4 Å². The molecule has 0 aliphatic heterocycles. The molecule has 0 fully saturated rings. The second kappa shape index (κ2) is 8.05. The zero-order valence-electron chi connectivity index (χ0n) is 16.2. The van der Waals surface area contributed by atoms with Crippen molar-refractivity contribution in [3.63, 3.8) is 0 Å². The van der Waals surface area contributed by atoms with Crippen molar-refractivity contribution < 1.29 is 9.90 Å². The molecule has 0 aliphatic carbocycles. The summed E-state index contributed by atoms with van der Waals surface area (Å²) in [5.74, 6) is -1.71. The van der Waals surface area contributed by atoms with Crippen LogP contribution in [-0.4, -0.2) is 30.2 Å². The lowest BCUT2D eigenvalue weighted by Gasteiger charge is -2.12. The number of aromatic nitrogens is 4. The number of carbonyl (C=O) groups is 1. The smallest absolute Gasteiger partial charge is 0.330 e. The lowest BCUT2D eigenvalue weighted by atomic mass is 10.2. The van der Waals surface area contributed by atoms with E-state index in [9.17, 15) is 19.5 Å². The van der Waals surface area contributed by atoms with E-state index in [4.69, 9.17) is 23.2 Å². The molecule has 1 unspecified atom stereocenters. The lowest BCUT2D eigenvalue weighted by Crippen LogP contribution is -2.38. The SMILES string of the molecule is CC(Cn1c(=O)[nH]c2nc(-c3ccccc3Cl)n(-c3ccc(Cl)cc3)c2c1=O)C(=O)O. The third-order valence-electron chi connectivity index (χ3n) is 4.87. The summed E-state index contributed by atoms with van der Waals surface area (Å²) in [4.78, 5) is 44.2. The minimum atomic E-state index is -1.12. The summed E-state index contributed by atoms with van der Waals surface area (Å²) >= 11 is 12.4. The van der Waals surface area contributed by atoms with Crippen molar-refractivity contribution in [1.29, 1.82) is 0 Å². The van der Waals surface area contributed by atoms with Crippen LogP contribution in [0.5, 0.6) is 0 Å². The van der Waals surface area contributed by atoms with E-state index in [1.165, 1.54) is 6.92 Å². The van der Waals surface area contributed by atoms with Gasteiger partial charge in [-0.15, -0.1) is 0 Å². The van der Waals surface area contributed by atoms with Crippen molar-refractivity contribution >= 4 is 40.3 Å². The Morgan fingerprint density at radius 1 is 1.13 bits per heavy atom. The van der Waals surface area contributed by atoms with Crippen molar-refractivity contribution in [3.8, 4) is 17.1 Å². The summed E-state index contributed by atoms with van der Waals surface area (Å²) in [6, 6.07) is 13.7. The first-order valence-electron chi connectivity index (χ1n) is 9.27. The molecule has 0 aliphatic rings. The van der Waals surface area contributed by atoms with Crippen LogP contribution in [0, 0.1) is 5.92 Å². The molecule has 0 saturated carbocycles. The van der Waals surface area contributed by atoms with Crippen LogP contribution in [0.1, 0.15) is 6.92 Å². The molecule has 8 nitrogen and oxygen atoms in total. The van der Waals surface area contributed by atoms with Gasteiger partial charge < -0.3 is 5.11 Å². The van der Waals surface area contributed by atoms with Gasteiger partial charge in [-0.2, -0.15) is 0 Å². The number of H-pyrrole nitrogens is 1. The van der Waals surface area contributed by atoms with Gasteiger partial charge in [0.15, 0.2) is 11.2 Å². The maximum absolute atomic E-state index is 13.3. The third-order valence-corrected chi connectivity index (χ3v) is 5.45. The number of hydrogen-bond acceptors (Lipinski definition) is 4. The first kappa shape index (κ1) is 20.9. The molecule has 1 atom stereocenters. The maximum Gasteiger partial charge on any atom is 0.330 e. The van der Waals surface area contributed by atoms with Gasteiger partial charge in [0.2, 0.25) is 0 Å². The average Bonchev–Trinajstić information content (AvgIpc) is 3.10. The van der Waals surface area contributed by atoms with Crippen LogP contribution in [0.2, 0.25) is 10.0 Å². The second-order valence-corrected chi connectivity index (χ2v) is 7.85. The molecule has 0 saturated heterocycles. The van der Waals surface area contributed by atoms with Crippen molar-refractivity contribution in [2.75, 3.05) is 0 Å². The van der Waals surface area contributed by atoms with Gasteiger partial charge in [0, 0.05) is 22.8 Å². The number of carboxylic acid groups (broad SMARTS) is 1. The first-order valence-corrected chi connectivity index (χ1v) is 10.0. The average molecular weight is 459 g/mol. The summed E-state index contributed by atoms with van der Waals surface area (Å²) in [5, 5.41) is 10.1. The van der Waals surface area contributed by atoms with Crippen LogP contribution in [0.25, 0.3) is 28.2 Å². The monoisotopic (exact) mass is 458 g/mol. The van der Waals surface area contributed by atoms with Crippen LogP contribution >= 0.6 is 23.2 Å². The van der Waals surface area contributed by atoms with Crippen molar-refractivity contribution in [2.24, 2.45) is 5.92 Å². The van der Waals surface area contributed by atoms with Gasteiger partial charge in [-0.05, 0) is 36.4 Å². The number of nitrogens with zero attached hydrogens (tertiary/aromatic N) is 3. The van der Waals surface area contributed by atoms with Crippen LogP contribution in [-0.2, 0) is 11.3 Å². The minimum Gasteiger partial charge on any atom is -0.481 e. The third kappa shape index (κ3) is 3.75. The summed E-state index contributed by atoms with van der Waals surface area (Å²) in [6.45, 7) is 1.14. The number of hydrogen-bond donors (Lipinski definition) is 2. The highest BCUT2D eigenvalue weighted by atomic mass is 35.5. The molecule has 31 heavy (non-hydrogen) atoms. The Kier molecular flexibility index (Phi) is 5.43. The Labute approximate surface area is 185 Å². The predicted octanol–water partition coefficient (Wildman–Crippen LogP) is 3.57. The number of halogens is 2. The van der Waals surface area contributed by atoms with Gasteiger partial charge >= 0.3 is 11.7 Å². The molecule has 2 aromatic heterocycles. The number of aromatic amines is 1. The molecule has 2 heterocycles. The zero-order chi connectivity index (χ0) is 22.3. The summed E-state index contributed by atoms with van der Waals surface area (Å²) in [6.07, 6.45) is 0. The molecular formula is C21H16Cl2N4O4. The van der Waals surface area contributed by atoms with Crippen LogP contribution in [0.4, 0.5) is 0 Å². The van der Waals surface area contributed by atoms with Crippen LogP contribution in [0.3, 0.4) is 0 Å². The number of fused-ring (bicyclic) bond motifs is 1. The number of carboxylic acids is 1. The van der Waals surface area contributed by atoms with Crippen LogP contribution < -0.4 is 11.2 Å². The molecule has 0 amide bonds. The van der Waals surface area contributed by atoms with Gasteiger partial charge in [0.1, 0.15) is 5.82 Å². The van der Waals surface area contributed by atoms with Crippen molar-refractivity contribution in [1.82, 2.24) is 19.1 Å². The number of imidazole rings is 1. The van der Waals surface area contributed by atoms with E-state index in [0.29, 0.717) is 27.1 Å². The molecule has 0 bridgehead atoms. The van der Waals surface area contributed by atoms with E-state index >= 15 is 0 Å². The number of nitrogens with one attached hydrogen (secondary N) is 1. The van der Waals surface area contributed by atoms with Gasteiger partial charge in [-0.25, -0.2) is 9.78 Å². The highest BCUT2D eigenvalue weighted by Gasteiger charge is 2.23. The highest BCUT2D eigenvalue weighted by Crippen LogP contribution is 2.31. The standard InChI is InChI=1S/C21H16Cl2N4O4/c1-11(20(29)30)10-26-19(28)16-17(25-21(26)31)24-18(14-4-2-3-5-15(14)23)27(16)13-8-6-12(22)7-9-13/h2-9,11H,10H2,1H3,(H,25,31)(H,29,30). The van der Waals surface area contributed by atoms with Gasteiger partial charge in [0.25, 0.3) is 5.56 Å². The minimum absolute atomic E-state index is 0.0686. The molecule has 0 spiro atoms. The molecule has 0 radical (unpaired) electrons. The van der Waals surface area contributed by atoms with E-state index < -0.39 is 23.1 Å².